The number of hydrogen-bond acceptors (Lipinski definition) is 4. The number of nitrogens with two attached hydrogens (primary N) is 1. The maximum absolute atomic E-state index is 12.0. The lowest BCUT2D eigenvalue weighted by molar-refractivity contribution is -0.144. The number of Topliss-reactive ketones (excluding diaryl/α,β-unsaturated/α-hetero) is 1. The molecule has 0 aliphatic rings. The van der Waals surface area contributed by atoms with Crippen molar-refractivity contribution in [2.45, 2.75) is 122 Å². The Morgan fingerprint density at radius 3 is 1.32 bits per heavy atom. The van der Waals surface area contributed by atoms with Crippen molar-refractivity contribution < 1.29 is 29.4 Å². The van der Waals surface area contributed by atoms with Gasteiger partial charge in [0.05, 0.1) is 5.92 Å². The van der Waals surface area contributed by atoms with Gasteiger partial charge in [-0.05, 0) is 19.3 Å². The van der Waals surface area contributed by atoms with Crippen molar-refractivity contribution in [3.63, 3.8) is 0 Å². The molecular formula is C24H43NO6. The number of aliphatic carboxylic acids is 2. The van der Waals surface area contributed by atoms with Crippen LogP contribution in [0.1, 0.15) is 122 Å². The molecule has 0 saturated heterocycles. The molecule has 0 radical (unpaired) electrons. The quantitative estimate of drug-likeness (QED) is 0.186. The zero-order valence-electron chi connectivity index (χ0n) is 19.1. The highest BCUT2D eigenvalue weighted by molar-refractivity contribution is 5.84. The molecule has 0 aliphatic heterocycles. The fourth-order valence-electron chi connectivity index (χ4n) is 3.73. The van der Waals surface area contributed by atoms with Gasteiger partial charge in [-0.25, -0.2) is 0 Å². The third-order valence-electron chi connectivity index (χ3n) is 5.66. The van der Waals surface area contributed by atoms with Gasteiger partial charge in [0, 0.05) is 25.7 Å². The maximum atomic E-state index is 12.0. The zero-order valence-corrected chi connectivity index (χ0v) is 19.1. The Labute approximate surface area is 187 Å². The number of carboxylic acids is 2. The molecule has 0 aromatic carbocycles. The standard InChI is InChI=1S/C24H43NO6/c25-22(27)18-17-20(24(30)31)19-21(26)15-13-11-9-7-5-3-1-2-4-6-8-10-12-14-16-23(28)29/h20H,1-19H2,(H2,25,27)(H,28,29)(H,30,31)/t20-/m1/s1. The fraction of sp³-hybridized carbons (Fsp3) is 0.833. The normalized spacial score (nSPS) is 11.9. The highest BCUT2D eigenvalue weighted by atomic mass is 16.4. The Kier molecular flexibility index (Phi) is 18.8. The number of amides is 1. The molecule has 180 valence electrons. The predicted molar refractivity (Wildman–Crippen MR) is 121 cm³/mol. The van der Waals surface area contributed by atoms with Crippen LogP contribution in [0.3, 0.4) is 0 Å². The van der Waals surface area contributed by atoms with E-state index in [4.69, 9.17) is 15.9 Å². The fourth-order valence-corrected chi connectivity index (χ4v) is 3.73. The number of unbranched alkanes of at least 4 members (excludes halogenated alkanes) is 13. The van der Waals surface area contributed by atoms with Gasteiger partial charge in [-0.3, -0.25) is 19.2 Å². The van der Waals surface area contributed by atoms with E-state index in [0.29, 0.717) is 12.8 Å². The van der Waals surface area contributed by atoms with Crippen LogP contribution in [0.5, 0.6) is 0 Å². The largest absolute Gasteiger partial charge is 0.481 e. The molecule has 7 nitrogen and oxygen atoms in total. The summed E-state index contributed by atoms with van der Waals surface area (Å²) in [6, 6.07) is 0. The second kappa shape index (κ2) is 20.0. The van der Waals surface area contributed by atoms with Crippen LogP contribution in [0.15, 0.2) is 0 Å². The van der Waals surface area contributed by atoms with E-state index in [0.717, 1.165) is 38.5 Å². The minimum atomic E-state index is -1.04. The topological polar surface area (TPSA) is 135 Å². The predicted octanol–water partition coefficient (Wildman–Crippen LogP) is 5.24. The molecule has 0 aliphatic carbocycles. The van der Waals surface area contributed by atoms with E-state index >= 15 is 0 Å². The van der Waals surface area contributed by atoms with Crippen LogP contribution in [0.2, 0.25) is 0 Å². The first-order valence-corrected chi connectivity index (χ1v) is 12.1. The van der Waals surface area contributed by atoms with E-state index in [1.54, 1.807) is 0 Å². The van der Waals surface area contributed by atoms with Gasteiger partial charge in [-0.2, -0.15) is 0 Å². The number of carboxylic acid groups (broad SMARTS) is 2. The van der Waals surface area contributed by atoms with Gasteiger partial charge in [0.25, 0.3) is 0 Å². The monoisotopic (exact) mass is 441 g/mol. The third-order valence-corrected chi connectivity index (χ3v) is 5.66. The molecule has 1 atom stereocenters. The van der Waals surface area contributed by atoms with Crippen LogP contribution >= 0.6 is 0 Å². The van der Waals surface area contributed by atoms with E-state index in [1.807, 2.05) is 0 Å². The summed E-state index contributed by atoms with van der Waals surface area (Å²) in [6.07, 6.45) is 16.6. The van der Waals surface area contributed by atoms with Crippen molar-refractivity contribution in [2.75, 3.05) is 0 Å². The lowest BCUT2D eigenvalue weighted by atomic mass is 9.94. The number of ketones is 1. The van der Waals surface area contributed by atoms with Gasteiger partial charge in [0.1, 0.15) is 5.78 Å². The minimum Gasteiger partial charge on any atom is -0.481 e. The average Bonchev–Trinajstić information content (AvgIpc) is 2.70. The summed E-state index contributed by atoms with van der Waals surface area (Å²) >= 11 is 0. The number of carbonyl (C=O) groups is 4. The third kappa shape index (κ3) is 21.1. The van der Waals surface area contributed by atoms with Crippen LogP contribution in [0.4, 0.5) is 0 Å². The van der Waals surface area contributed by atoms with Gasteiger partial charge in [-0.1, -0.05) is 77.0 Å². The molecular weight excluding hydrogens is 398 g/mol. The van der Waals surface area contributed by atoms with Crippen LogP contribution in [0, 0.1) is 5.92 Å². The van der Waals surface area contributed by atoms with E-state index in [2.05, 4.69) is 0 Å². The number of carbonyl (C=O) groups excluding carboxylic acids is 2. The number of hydrogen-bond donors (Lipinski definition) is 3. The molecule has 0 heterocycles. The van der Waals surface area contributed by atoms with Gasteiger partial charge in [0.15, 0.2) is 0 Å². The zero-order chi connectivity index (χ0) is 23.3. The first-order chi connectivity index (χ1) is 14.8. The lowest BCUT2D eigenvalue weighted by Crippen LogP contribution is -2.21. The Bertz CT molecular complexity index is 520. The molecule has 1 amide bonds. The van der Waals surface area contributed by atoms with Crippen LogP contribution in [-0.2, 0) is 19.2 Å². The van der Waals surface area contributed by atoms with Crippen molar-refractivity contribution in [1.29, 1.82) is 0 Å². The Morgan fingerprint density at radius 2 is 0.968 bits per heavy atom. The summed E-state index contributed by atoms with van der Waals surface area (Å²) in [5, 5.41) is 17.7. The molecule has 0 aromatic heterocycles. The summed E-state index contributed by atoms with van der Waals surface area (Å²) in [5.41, 5.74) is 5.05. The van der Waals surface area contributed by atoms with E-state index in [-0.39, 0.29) is 25.0 Å². The highest BCUT2D eigenvalue weighted by Crippen LogP contribution is 2.16. The first kappa shape index (κ1) is 29.1. The molecule has 0 bridgehead atoms. The Morgan fingerprint density at radius 1 is 0.581 bits per heavy atom. The highest BCUT2D eigenvalue weighted by Gasteiger charge is 2.21. The van der Waals surface area contributed by atoms with Gasteiger partial charge < -0.3 is 15.9 Å². The van der Waals surface area contributed by atoms with E-state index in [1.165, 1.54) is 51.4 Å². The van der Waals surface area contributed by atoms with Crippen molar-refractivity contribution >= 4 is 23.6 Å². The lowest BCUT2D eigenvalue weighted by Gasteiger charge is -2.10. The summed E-state index contributed by atoms with van der Waals surface area (Å²) < 4.78 is 0. The van der Waals surface area contributed by atoms with Crippen LogP contribution in [-0.4, -0.2) is 33.8 Å². The van der Waals surface area contributed by atoms with Gasteiger partial charge in [-0.15, -0.1) is 0 Å². The molecule has 0 aromatic rings. The summed E-state index contributed by atoms with van der Waals surface area (Å²) in [4.78, 5) is 44.3. The SMILES string of the molecule is NC(=O)CC[C@H](CC(=O)CCCCCCCCCCCCCCCCC(=O)O)C(=O)O. The number of primary amides is 1. The molecule has 0 fully saturated rings. The molecule has 7 heteroatoms. The molecule has 0 rings (SSSR count). The van der Waals surface area contributed by atoms with Crippen LogP contribution in [0.25, 0.3) is 0 Å². The van der Waals surface area contributed by atoms with Crippen molar-refractivity contribution in [1.82, 2.24) is 0 Å². The first-order valence-electron chi connectivity index (χ1n) is 12.1. The minimum absolute atomic E-state index is 0.00115. The molecule has 0 spiro atoms. The van der Waals surface area contributed by atoms with Crippen molar-refractivity contribution in [3.05, 3.63) is 0 Å². The second-order valence-electron chi connectivity index (χ2n) is 8.63. The summed E-state index contributed by atoms with van der Waals surface area (Å²) in [6.45, 7) is 0. The van der Waals surface area contributed by atoms with Crippen LogP contribution < -0.4 is 5.73 Å². The maximum Gasteiger partial charge on any atom is 0.306 e. The smallest absolute Gasteiger partial charge is 0.306 e. The van der Waals surface area contributed by atoms with Crippen molar-refractivity contribution in [2.24, 2.45) is 11.7 Å². The van der Waals surface area contributed by atoms with Gasteiger partial charge in [0.2, 0.25) is 5.91 Å². The van der Waals surface area contributed by atoms with Crippen molar-refractivity contribution in [3.8, 4) is 0 Å². The summed E-state index contributed by atoms with van der Waals surface area (Å²) in [5.74, 6) is -3.12. The van der Waals surface area contributed by atoms with Gasteiger partial charge >= 0.3 is 11.9 Å². The molecule has 31 heavy (non-hydrogen) atoms. The Hall–Kier alpha value is -1.92. The van der Waals surface area contributed by atoms with E-state index in [9.17, 15) is 19.2 Å². The molecule has 0 unspecified atom stereocenters. The molecule has 4 N–H and O–H groups in total. The summed E-state index contributed by atoms with van der Waals surface area (Å²) in [7, 11) is 0. The number of rotatable bonds is 23. The van der Waals surface area contributed by atoms with E-state index < -0.39 is 23.8 Å². The molecule has 0 saturated carbocycles. The average molecular weight is 442 g/mol. The Balaban J connectivity index is 3.43. The second-order valence-corrected chi connectivity index (χ2v) is 8.63.